The Hall–Kier alpha value is -1.36. The Balaban J connectivity index is 2.72. The van der Waals surface area contributed by atoms with Crippen molar-refractivity contribution in [2.45, 2.75) is 32.4 Å². The molecule has 1 heterocycles. The van der Waals surface area contributed by atoms with Gasteiger partial charge in [-0.3, -0.25) is 9.48 Å². The van der Waals surface area contributed by atoms with Gasteiger partial charge < -0.3 is 10.4 Å². The molecule has 0 aliphatic rings. The van der Waals surface area contributed by atoms with Gasteiger partial charge in [-0.25, -0.2) is 0 Å². The molecular weight excluding hydrogens is 194 g/mol. The Morgan fingerprint density at radius 1 is 1.67 bits per heavy atom. The average molecular weight is 211 g/mol. The molecule has 2 N–H and O–H groups in total. The lowest BCUT2D eigenvalue weighted by molar-refractivity contribution is 0.0709. The number of rotatable bonds is 3. The van der Waals surface area contributed by atoms with Crippen molar-refractivity contribution in [2.75, 3.05) is 0 Å². The highest BCUT2D eigenvalue weighted by Crippen LogP contribution is 2.09. The van der Waals surface area contributed by atoms with Crippen LogP contribution in [0, 0.1) is 0 Å². The molecule has 0 bridgehead atoms. The van der Waals surface area contributed by atoms with Gasteiger partial charge in [-0.2, -0.15) is 5.10 Å². The lowest BCUT2D eigenvalue weighted by Crippen LogP contribution is -2.50. The molecule has 0 fully saturated rings. The third-order valence-electron chi connectivity index (χ3n) is 2.45. The fourth-order valence-corrected chi connectivity index (χ4v) is 1.01. The summed E-state index contributed by atoms with van der Waals surface area (Å²) in [6, 6.07) is 0. The van der Waals surface area contributed by atoms with Crippen LogP contribution in [-0.4, -0.2) is 32.4 Å². The number of carbonyl (C=O) groups is 1. The molecule has 1 unspecified atom stereocenters. The zero-order chi connectivity index (χ0) is 11.6. The van der Waals surface area contributed by atoms with Crippen LogP contribution in [-0.2, 0) is 7.05 Å². The van der Waals surface area contributed by atoms with E-state index >= 15 is 0 Å². The van der Waals surface area contributed by atoms with E-state index in [-0.39, 0.29) is 5.91 Å². The van der Waals surface area contributed by atoms with Crippen LogP contribution in [0.15, 0.2) is 12.4 Å². The number of amides is 1. The van der Waals surface area contributed by atoms with Gasteiger partial charge in [0.25, 0.3) is 5.91 Å². The maximum absolute atomic E-state index is 11.7. The first kappa shape index (κ1) is 11.7. The molecule has 1 aromatic heterocycles. The third kappa shape index (κ3) is 2.79. The molecule has 1 rings (SSSR count). The molecule has 0 aliphatic carbocycles. The number of nitrogens with zero attached hydrogens (tertiary/aromatic N) is 2. The predicted molar refractivity (Wildman–Crippen MR) is 56.4 cm³/mol. The molecule has 0 aliphatic heterocycles. The van der Waals surface area contributed by atoms with Gasteiger partial charge in [-0.15, -0.1) is 0 Å². The van der Waals surface area contributed by atoms with Crippen molar-refractivity contribution >= 4 is 5.91 Å². The van der Waals surface area contributed by atoms with Crippen molar-refractivity contribution in [3.8, 4) is 0 Å². The Morgan fingerprint density at radius 3 is 2.67 bits per heavy atom. The highest BCUT2D eigenvalue weighted by molar-refractivity contribution is 5.94. The molecule has 1 amide bonds. The maximum atomic E-state index is 11.7. The largest absolute Gasteiger partial charge is 0.391 e. The summed E-state index contributed by atoms with van der Waals surface area (Å²) in [4.78, 5) is 11.7. The number of aromatic nitrogens is 2. The Bertz CT molecular complexity index is 355. The number of carbonyl (C=O) groups excluding carboxylic acids is 1. The number of aliphatic hydroxyl groups is 1. The molecule has 84 valence electrons. The second-order valence-electron chi connectivity index (χ2n) is 4.25. The summed E-state index contributed by atoms with van der Waals surface area (Å²) in [7, 11) is 1.75. The number of aliphatic hydroxyl groups excluding tert-OH is 1. The Morgan fingerprint density at radius 2 is 2.27 bits per heavy atom. The summed E-state index contributed by atoms with van der Waals surface area (Å²) in [5.74, 6) is -0.228. The van der Waals surface area contributed by atoms with Crippen molar-refractivity contribution < 1.29 is 9.90 Å². The topological polar surface area (TPSA) is 67.2 Å². The molecule has 0 spiro atoms. The Kier molecular flexibility index (Phi) is 3.14. The van der Waals surface area contributed by atoms with Crippen molar-refractivity contribution in [1.29, 1.82) is 0 Å². The fraction of sp³-hybridized carbons (Fsp3) is 0.600. The molecule has 5 nitrogen and oxygen atoms in total. The molecule has 0 radical (unpaired) electrons. The molecule has 0 saturated heterocycles. The van der Waals surface area contributed by atoms with E-state index < -0.39 is 11.6 Å². The first-order chi connectivity index (χ1) is 6.83. The van der Waals surface area contributed by atoms with Crippen LogP contribution in [0.4, 0.5) is 0 Å². The third-order valence-corrected chi connectivity index (χ3v) is 2.45. The first-order valence-electron chi connectivity index (χ1n) is 4.82. The minimum absolute atomic E-state index is 0.228. The highest BCUT2D eigenvalue weighted by atomic mass is 16.3. The second-order valence-corrected chi connectivity index (χ2v) is 4.25. The van der Waals surface area contributed by atoms with E-state index in [9.17, 15) is 9.90 Å². The first-order valence-corrected chi connectivity index (χ1v) is 4.82. The zero-order valence-electron chi connectivity index (χ0n) is 9.48. The van der Waals surface area contributed by atoms with Gasteiger partial charge in [0, 0.05) is 13.2 Å². The van der Waals surface area contributed by atoms with E-state index in [4.69, 9.17) is 0 Å². The lowest BCUT2D eigenvalue weighted by Gasteiger charge is -2.29. The van der Waals surface area contributed by atoms with Crippen LogP contribution in [0.5, 0.6) is 0 Å². The molecule has 1 atom stereocenters. The highest BCUT2D eigenvalue weighted by Gasteiger charge is 2.26. The van der Waals surface area contributed by atoms with E-state index in [0.717, 1.165) is 0 Å². The molecule has 0 saturated carbocycles. The normalized spacial score (nSPS) is 13.7. The van der Waals surface area contributed by atoms with Crippen molar-refractivity contribution in [3.63, 3.8) is 0 Å². The summed E-state index contributed by atoms with van der Waals surface area (Å²) in [5.41, 5.74) is -0.154. The van der Waals surface area contributed by atoms with E-state index in [2.05, 4.69) is 10.4 Å². The van der Waals surface area contributed by atoms with Gasteiger partial charge in [0.1, 0.15) is 0 Å². The van der Waals surface area contributed by atoms with Gasteiger partial charge in [-0.1, -0.05) is 0 Å². The number of nitrogens with one attached hydrogen (secondary N) is 1. The monoisotopic (exact) mass is 211 g/mol. The summed E-state index contributed by atoms with van der Waals surface area (Å²) in [5, 5.41) is 16.1. The number of hydrogen-bond donors (Lipinski definition) is 2. The molecule has 5 heteroatoms. The van der Waals surface area contributed by atoms with Crippen molar-refractivity contribution in [3.05, 3.63) is 18.0 Å². The van der Waals surface area contributed by atoms with Crippen LogP contribution in [0.3, 0.4) is 0 Å². The number of hydrogen-bond acceptors (Lipinski definition) is 3. The van der Waals surface area contributed by atoms with Crippen LogP contribution in [0.25, 0.3) is 0 Å². The summed E-state index contributed by atoms with van der Waals surface area (Å²) in [6.45, 7) is 5.18. The smallest absolute Gasteiger partial charge is 0.254 e. The van der Waals surface area contributed by atoms with Gasteiger partial charge >= 0.3 is 0 Å². The predicted octanol–water partition coefficient (Wildman–Crippen LogP) is 0.309. The van der Waals surface area contributed by atoms with Gasteiger partial charge in [0.15, 0.2) is 0 Å². The van der Waals surface area contributed by atoms with Gasteiger partial charge in [0.05, 0.1) is 23.4 Å². The maximum Gasteiger partial charge on any atom is 0.254 e. The lowest BCUT2D eigenvalue weighted by atomic mass is 9.98. The van der Waals surface area contributed by atoms with Crippen LogP contribution in [0.1, 0.15) is 31.1 Å². The van der Waals surface area contributed by atoms with Gasteiger partial charge in [0.2, 0.25) is 0 Å². The van der Waals surface area contributed by atoms with Gasteiger partial charge in [-0.05, 0) is 20.8 Å². The summed E-state index contributed by atoms with van der Waals surface area (Å²) in [6.07, 6.45) is 2.51. The molecule has 15 heavy (non-hydrogen) atoms. The zero-order valence-corrected chi connectivity index (χ0v) is 9.48. The molecular formula is C10H17N3O2. The fourth-order valence-electron chi connectivity index (χ4n) is 1.01. The second kappa shape index (κ2) is 4.02. The standard InChI is InChI=1S/C10H17N3O2/c1-7(14)10(2,3)12-9(15)8-5-11-13(4)6-8/h5-7,14H,1-4H3,(H,12,15). The van der Waals surface area contributed by atoms with E-state index in [1.807, 2.05) is 0 Å². The molecule has 1 aromatic rings. The SMILES string of the molecule is CC(O)C(C)(C)NC(=O)c1cnn(C)c1. The Labute approximate surface area is 89.1 Å². The van der Waals surface area contributed by atoms with Crippen molar-refractivity contribution in [1.82, 2.24) is 15.1 Å². The van der Waals surface area contributed by atoms with E-state index in [1.165, 1.54) is 6.20 Å². The van der Waals surface area contributed by atoms with Crippen LogP contribution in [0.2, 0.25) is 0 Å². The van der Waals surface area contributed by atoms with Crippen molar-refractivity contribution in [2.24, 2.45) is 7.05 Å². The van der Waals surface area contributed by atoms with E-state index in [1.54, 1.807) is 38.7 Å². The molecule has 0 aromatic carbocycles. The van der Waals surface area contributed by atoms with E-state index in [0.29, 0.717) is 5.56 Å². The van der Waals surface area contributed by atoms with Crippen LogP contribution < -0.4 is 5.32 Å². The van der Waals surface area contributed by atoms with Crippen LogP contribution >= 0.6 is 0 Å². The quantitative estimate of drug-likeness (QED) is 0.756. The average Bonchev–Trinajstić information content (AvgIpc) is 2.50. The number of aryl methyl sites for hydroxylation is 1. The summed E-state index contributed by atoms with van der Waals surface area (Å²) < 4.78 is 1.56. The minimum Gasteiger partial charge on any atom is -0.391 e. The minimum atomic E-state index is -0.646. The summed E-state index contributed by atoms with van der Waals surface area (Å²) >= 11 is 0.